The molecule has 2 aromatic rings. The van der Waals surface area contributed by atoms with Crippen molar-refractivity contribution in [2.75, 3.05) is 44.1 Å². The van der Waals surface area contributed by atoms with Crippen molar-refractivity contribution in [3.63, 3.8) is 0 Å². The molecule has 0 bridgehead atoms. The van der Waals surface area contributed by atoms with Crippen LogP contribution in [0.2, 0.25) is 0 Å². The average Bonchev–Trinajstić information content (AvgIpc) is 3.07. The van der Waals surface area contributed by atoms with E-state index in [0.717, 1.165) is 18.8 Å². The standard InChI is InChI=1S/C23H28N2O5/c1-28-19-8-7-9-20(29-2)22(19)23(27)30-16-21(26)24-17-10-12-18(13-11-17)25-14-5-3-4-6-15-25/h7-13H,3-6,14-16H2,1-2H3,(H,24,26). The van der Waals surface area contributed by atoms with Crippen molar-refractivity contribution in [1.82, 2.24) is 0 Å². The maximum Gasteiger partial charge on any atom is 0.346 e. The highest BCUT2D eigenvalue weighted by Gasteiger charge is 2.20. The number of methoxy groups -OCH3 is 2. The molecule has 0 spiro atoms. The van der Waals surface area contributed by atoms with Crippen LogP contribution in [0.1, 0.15) is 36.0 Å². The van der Waals surface area contributed by atoms with E-state index in [0.29, 0.717) is 17.2 Å². The fourth-order valence-corrected chi connectivity index (χ4v) is 3.54. The summed E-state index contributed by atoms with van der Waals surface area (Å²) in [6, 6.07) is 12.7. The van der Waals surface area contributed by atoms with E-state index in [1.807, 2.05) is 24.3 Å². The zero-order valence-corrected chi connectivity index (χ0v) is 17.5. The Labute approximate surface area is 176 Å². The van der Waals surface area contributed by atoms with Gasteiger partial charge in [-0.1, -0.05) is 18.9 Å². The topological polar surface area (TPSA) is 77.1 Å². The van der Waals surface area contributed by atoms with Crippen LogP contribution in [0.15, 0.2) is 42.5 Å². The van der Waals surface area contributed by atoms with Crippen molar-refractivity contribution in [1.29, 1.82) is 0 Å². The molecule has 7 heteroatoms. The van der Waals surface area contributed by atoms with Crippen molar-refractivity contribution < 1.29 is 23.8 Å². The molecule has 3 rings (SSSR count). The molecule has 2 aromatic carbocycles. The summed E-state index contributed by atoms with van der Waals surface area (Å²) in [5.41, 5.74) is 1.96. The lowest BCUT2D eigenvalue weighted by molar-refractivity contribution is -0.119. The molecule has 0 saturated carbocycles. The van der Waals surface area contributed by atoms with Crippen LogP contribution in [0.4, 0.5) is 11.4 Å². The molecule has 1 aliphatic heterocycles. The van der Waals surface area contributed by atoms with Crippen LogP contribution in [0.25, 0.3) is 0 Å². The van der Waals surface area contributed by atoms with Crippen molar-refractivity contribution in [2.24, 2.45) is 0 Å². The lowest BCUT2D eigenvalue weighted by Gasteiger charge is -2.22. The van der Waals surface area contributed by atoms with E-state index in [1.165, 1.54) is 39.9 Å². The smallest absolute Gasteiger partial charge is 0.346 e. The van der Waals surface area contributed by atoms with Gasteiger partial charge in [-0.25, -0.2) is 4.79 Å². The molecule has 1 heterocycles. The van der Waals surface area contributed by atoms with E-state index in [1.54, 1.807) is 18.2 Å². The van der Waals surface area contributed by atoms with Crippen molar-refractivity contribution in [3.05, 3.63) is 48.0 Å². The van der Waals surface area contributed by atoms with Gasteiger partial charge < -0.3 is 24.4 Å². The Balaban J connectivity index is 1.55. The number of esters is 1. The van der Waals surface area contributed by atoms with Crippen LogP contribution < -0.4 is 19.7 Å². The Morgan fingerprint density at radius 3 is 2.07 bits per heavy atom. The minimum absolute atomic E-state index is 0.150. The van der Waals surface area contributed by atoms with E-state index in [4.69, 9.17) is 14.2 Å². The van der Waals surface area contributed by atoms with Gasteiger partial charge in [0, 0.05) is 24.5 Å². The summed E-state index contributed by atoms with van der Waals surface area (Å²) in [5, 5.41) is 2.75. The van der Waals surface area contributed by atoms with E-state index >= 15 is 0 Å². The number of carbonyl (C=O) groups is 2. The number of amides is 1. The molecule has 1 fully saturated rings. The molecule has 0 aliphatic carbocycles. The largest absolute Gasteiger partial charge is 0.496 e. The summed E-state index contributed by atoms with van der Waals surface area (Å²) in [5.74, 6) is -0.455. The number of rotatable bonds is 7. The van der Waals surface area contributed by atoms with Crippen LogP contribution in [0, 0.1) is 0 Å². The Morgan fingerprint density at radius 2 is 1.50 bits per heavy atom. The molecular weight excluding hydrogens is 384 g/mol. The number of anilines is 2. The molecule has 0 aromatic heterocycles. The molecule has 30 heavy (non-hydrogen) atoms. The first-order chi connectivity index (χ1) is 14.6. The van der Waals surface area contributed by atoms with E-state index in [-0.39, 0.29) is 5.56 Å². The molecule has 0 radical (unpaired) electrons. The van der Waals surface area contributed by atoms with Gasteiger partial charge in [-0.05, 0) is 49.2 Å². The summed E-state index contributed by atoms with van der Waals surface area (Å²) in [7, 11) is 2.90. The summed E-state index contributed by atoms with van der Waals surface area (Å²) in [4.78, 5) is 27.0. The molecule has 1 N–H and O–H groups in total. The van der Waals surface area contributed by atoms with Gasteiger partial charge in [0.25, 0.3) is 5.91 Å². The zero-order chi connectivity index (χ0) is 21.3. The van der Waals surface area contributed by atoms with Gasteiger partial charge in [-0.3, -0.25) is 4.79 Å². The first kappa shape index (κ1) is 21.5. The highest BCUT2D eigenvalue weighted by atomic mass is 16.5. The predicted molar refractivity (Wildman–Crippen MR) is 116 cm³/mol. The van der Waals surface area contributed by atoms with Gasteiger partial charge in [0.2, 0.25) is 0 Å². The summed E-state index contributed by atoms with van der Waals surface area (Å²) in [6.45, 7) is 1.72. The van der Waals surface area contributed by atoms with Crippen LogP contribution in [0.3, 0.4) is 0 Å². The molecule has 1 amide bonds. The second-order valence-corrected chi connectivity index (χ2v) is 7.11. The van der Waals surface area contributed by atoms with Gasteiger partial charge in [-0.15, -0.1) is 0 Å². The number of carbonyl (C=O) groups excluding carboxylic acids is 2. The van der Waals surface area contributed by atoms with Crippen LogP contribution in [0.5, 0.6) is 11.5 Å². The first-order valence-electron chi connectivity index (χ1n) is 10.2. The molecule has 160 valence electrons. The number of nitrogens with one attached hydrogen (secondary N) is 1. The second-order valence-electron chi connectivity index (χ2n) is 7.11. The lowest BCUT2D eigenvalue weighted by Crippen LogP contribution is -2.24. The van der Waals surface area contributed by atoms with E-state index in [2.05, 4.69) is 10.2 Å². The van der Waals surface area contributed by atoms with Crippen molar-refractivity contribution >= 4 is 23.3 Å². The maximum atomic E-state index is 12.4. The monoisotopic (exact) mass is 412 g/mol. The number of nitrogens with zero attached hydrogens (tertiary/aromatic N) is 1. The fraction of sp³-hybridized carbons (Fsp3) is 0.391. The Hall–Kier alpha value is -3.22. The molecule has 0 atom stereocenters. The van der Waals surface area contributed by atoms with Crippen molar-refractivity contribution in [2.45, 2.75) is 25.7 Å². The third-order valence-electron chi connectivity index (χ3n) is 5.09. The summed E-state index contributed by atoms with van der Waals surface area (Å²) in [6.07, 6.45) is 4.98. The summed E-state index contributed by atoms with van der Waals surface area (Å²) >= 11 is 0. The third kappa shape index (κ3) is 5.43. The summed E-state index contributed by atoms with van der Waals surface area (Å²) < 4.78 is 15.6. The van der Waals surface area contributed by atoms with Crippen LogP contribution in [-0.4, -0.2) is 45.8 Å². The number of hydrogen-bond acceptors (Lipinski definition) is 6. The minimum atomic E-state index is -0.684. The average molecular weight is 412 g/mol. The van der Waals surface area contributed by atoms with Crippen LogP contribution in [-0.2, 0) is 9.53 Å². The van der Waals surface area contributed by atoms with Gasteiger partial charge in [0.05, 0.1) is 14.2 Å². The third-order valence-corrected chi connectivity index (χ3v) is 5.09. The van der Waals surface area contributed by atoms with Crippen LogP contribution >= 0.6 is 0 Å². The van der Waals surface area contributed by atoms with E-state index in [9.17, 15) is 9.59 Å². The van der Waals surface area contributed by atoms with Crippen molar-refractivity contribution in [3.8, 4) is 11.5 Å². The number of hydrogen-bond donors (Lipinski definition) is 1. The van der Waals surface area contributed by atoms with Gasteiger partial charge in [-0.2, -0.15) is 0 Å². The normalized spacial score (nSPS) is 13.9. The maximum absolute atomic E-state index is 12.4. The van der Waals surface area contributed by atoms with Gasteiger partial charge >= 0.3 is 5.97 Å². The molecule has 0 unspecified atom stereocenters. The lowest BCUT2D eigenvalue weighted by atomic mass is 10.2. The SMILES string of the molecule is COc1cccc(OC)c1C(=O)OCC(=O)Nc1ccc(N2CCCCCC2)cc1. The minimum Gasteiger partial charge on any atom is -0.496 e. The fourth-order valence-electron chi connectivity index (χ4n) is 3.54. The quantitative estimate of drug-likeness (QED) is 0.696. The van der Waals surface area contributed by atoms with Gasteiger partial charge in [0.15, 0.2) is 6.61 Å². The highest BCUT2D eigenvalue weighted by molar-refractivity contribution is 5.98. The highest BCUT2D eigenvalue weighted by Crippen LogP contribution is 2.29. The zero-order valence-electron chi connectivity index (χ0n) is 17.5. The number of benzene rings is 2. The predicted octanol–water partition coefficient (Wildman–Crippen LogP) is 3.88. The molecule has 1 aliphatic rings. The van der Waals surface area contributed by atoms with Gasteiger partial charge in [0.1, 0.15) is 17.1 Å². The Morgan fingerprint density at radius 1 is 0.900 bits per heavy atom. The molecule has 7 nitrogen and oxygen atoms in total. The Kier molecular flexibility index (Phi) is 7.54. The first-order valence-corrected chi connectivity index (χ1v) is 10.2. The van der Waals surface area contributed by atoms with E-state index < -0.39 is 18.5 Å². The molecular formula is C23H28N2O5. The molecule has 1 saturated heterocycles. The number of ether oxygens (including phenoxy) is 3. The second kappa shape index (κ2) is 10.5. The Bertz CT molecular complexity index is 836.